The van der Waals surface area contributed by atoms with Crippen molar-refractivity contribution in [3.05, 3.63) is 60.2 Å². The van der Waals surface area contributed by atoms with E-state index in [-0.39, 0.29) is 10.8 Å². The number of carbonyl (C=O) groups excluding carboxylic acids is 1. The number of hydrogen-bond acceptors (Lipinski definition) is 5. The molecule has 8 heteroatoms. The van der Waals surface area contributed by atoms with Gasteiger partial charge in [0, 0.05) is 43.2 Å². The Hall–Kier alpha value is -1.87. The number of piperazine rings is 1. The van der Waals surface area contributed by atoms with Crippen molar-refractivity contribution in [3.8, 4) is 0 Å². The number of nitrogens with zero attached hydrogens (tertiary/aromatic N) is 2. The van der Waals surface area contributed by atoms with Crippen LogP contribution >= 0.6 is 11.8 Å². The molecule has 1 saturated heterocycles. The summed E-state index contributed by atoms with van der Waals surface area (Å²) < 4.78 is 27.2. The van der Waals surface area contributed by atoms with Crippen LogP contribution in [-0.4, -0.2) is 69.1 Å². The topological polar surface area (TPSA) is 69.7 Å². The van der Waals surface area contributed by atoms with Crippen LogP contribution in [0.5, 0.6) is 0 Å². The minimum atomic E-state index is -3.58. The first-order chi connectivity index (χ1) is 14.0. The highest BCUT2D eigenvalue weighted by molar-refractivity contribution is 7.99. The van der Waals surface area contributed by atoms with E-state index >= 15 is 0 Å². The highest BCUT2D eigenvalue weighted by Gasteiger charge is 2.27. The lowest BCUT2D eigenvalue weighted by molar-refractivity contribution is 0.0953. The van der Waals surface area contributed by atoms with E-state index in [9.17, 15) is 13.2 Å². The van der Waals surface area contributed by atoms with Crippen molar-refractivity contribution in [1.82, 2.24) is 14.5 Å². The molecule has 0 aromatic heterocycles. The summed E-state index contributed by atoms with van der Waals surface area (Å²) in [6, 6.07) is 16.4. The monoisotopic (exact) mass is 433 g/mol. The van der Waals surface area contributed by atoms with Crippen molar-refractivity contribution in [2.24, 2.45) is 0 Å². The van der Waals surface area contributed by atoms with Gasteiger partial charge >= 0.3 is 0 Å². The Morgan fingerprint density at radius 3 is 2.48 bits per heavy atom. The van der Waals surface area contributed by atoms with Gasteiger partial charge in [-0.1, -0.05) is 24.3 Å². The summed E-state index contributed by atoms with van der Waals surface area (Å²) >= 11 is 1.75. The zero-order valence-corrected chi connectivity index (χ0v) is 18.2. The van der Waals surface area contributed by atoms with Gasteiger partial charge in [-0.05, 0) is 49.6 Å². The SMILES string of the molecule is CN1CCN(S(=O)(=O)c2cccc(C(=O)NCCCSc3ccccc3)c2)CC1. The molecule has 1 amide bonds. The molecule has 0 unspecified atom stereocenters. The van der Waals surface area contributed by atoms with Crippen molar-refractivity contribution in [3.63, 3.8) is 0 Å². The summed E-state index contributed by atoms with van der Waals surface area (Å²) in [6.07, 6.45) is 0.838. The van der Waals surface area contributed by atoms with E-state index in [0.717, 1.165) is 12.2 Å². The molecule has 156 valence electrons. The van der Waals surface area contributed by atoms with Gasteiger partial charge in [0.1, 0.15) is 0 Å². The molecule has 0 saturated carbocycles. The lowest BCUT2D eigenvalue weighted by Gasteiger charge is -2.31. The van der Waals surface area contributed by atoms with E-state index in [2.05, 4.69) is 22.3 Å². The number of carbonyl (C=O) groups is 1. The van der Waals surface area contributed by atoms with E-state index in [1.54, 1.807) is 30.0 Å². The summed E-state index contributed by atoms with van der Waals surface area (Å²) in [6.45, 7) is 2.90. The van der Waals surface area contributed by atoms with Crippen molar-refractivity contribution in [1.29, 1.82) is 0 Å². The first-order valence-electron chi connectivity index (χ1n) is 9.71. The highest BCUT2D eigenvalue weighted by Crippen LogP contribution is 2.19. The first-order valence-corrected chi connectivity index (χ1v) is 12.1. The number of benzene rings is 2. The predicted molar refractivity (Wildman–Crippen MR) is 117 cm³/mol. The summed E-state index contributed by atoms with van der Waals surface area (Å²) in [5.74, 6) is 0.660. The maximum atomic E-state index is 12.9. The summed E-state index contributed by atoms with van der Waals surface area (Å²) in [4.78, 5) is 15.9. The third-order valence-electron chi connectivity index (χ3n) is 4.81. The van der Waals surface area contributed by atoms with Gasteiger partial charge in [-0.25, -0.2) is 8.42 Å². The molecule has 0 aliphatic carbocycles. The molecule has 6 nitrogen and oxygen atoms in total. The zero-order chi connectivity index (χ0) is 20.7. The molecule has 2 aromatic carbocycles. The van der Waals surface area contributed by atoms with Crippen LogP contribution in [0.15, 0.2) is 64.4 Å². The Bertz CT molecular complexity index is 912. The van der Waals surface area contributed by atoms with Crippen molar-refractivity contribution >= 4 is 27.7 Å². The maximum Gasteiger partial charge on any atom is 0.251 e. The van der Waals surface area contributed by atoms with Gasteiger partial charge < -0.3 is 10.2 Å². The Labute approximate surface area is 177 Å². The average molecular weight is 434 g/mol. The average Bonchev–Trinajstić information content (AvgIpc) is 2.74. The second kappa shape index (κ2) is 10.2. The quantitative estimate of drug-likeness (QED) is 0.512. The minimum absolute atomic E-state index is 0.175. The second-order valence-electron chi connectivity index (χ2n) is 7.01. The van der Waals surface area contributed by atoms with Crippen LogP contribution < -0.4 is 5.32 Å². The molecular formula is C21H27N3O3S2. The molecule has 1 aliphatic heterocycles. The fourth-order valence-corrected chi connectivity index (χ4v) is 5.40. The van der Waals surface area contributed by atoms with Crippen molar-refractivity contribution in [2.45, 2.75) is 16.2 Å². The van der Waals surface area contributed by atoms with E-state index in [1.807, 2.05) is 25.2 Å². The molecule has 2 aromatic rings. The largest absolute Gasteiger partial charge is 0.352 e. The lowest BCUT2D eigenvalue weighted by atomic mass is 10.2. The second-order valence-corrected chi connectivity index (χ2v) is 10.1. The molecule has 0 radical (unpaired) electrons. The van der Waals surface area contributed by atoms with Gasteiger partial charge in [0.2, 0.25) is 10.0 Å². The van der Waals surface area contributed by atoms with Gasteiger partial charge in [-0.2, -0.15) is 4.31 Å². The molecule has 1 heterocycles. The van der Waals surface area contributed by atoms with E-state index < -0.39 is 10.0 Å². The Kier molecular flexibility index (Phi) is 7.71. The Morgan fingerprint density at radius 1 is 1.03 bits per heavy atom. The van der Waals surface area contributed by atoms with Gasteiger partial charge in [0.15, 0.2) is 0 Å². The van der Waals surface area contributed by atoms with E-state index in [1.165, 1.54) is 15.3 Å². The number of sulfonamides is 1. The first kappa shape index (κ1) is 21.8. The normalized spacial score (nSPS) is 15.9. The van der Waals surface area contributed by atoms with E-state index in [0.29, 0.717) is 38.3 Å². The molecule has 0 bridgehead atoms. The number of rotatable bonds is 8. The molecule has 1 fully saturated rings. The van der Waals surface area contributed by atoms with Gasteiger partial charge in [-0.15, -0.1) is 11.8 Å². The lowest BCUT2D eigenvalue weighted by Crippen LogP contribution is -2.47. The molecule has 0 spiro atoms. The summed E-state index contributed by atoms with van der Waals surface area (Å²) in [5, 5.41) is 2.88. The number of nitrogens with one attached hydrogen (secondary N) is 1. The number of hydrogen-bond donors (Lipinski definition) is 1. The molecule has 3 rings (SSSR count). The van der Waals surface area contributed by atoms with Crippen LogP contribution in [0.1, 0.15) is 16.8 Å². The van der Waals surface area contributed by atoms with Crippen LogP contribution in [-0.2, 0) is 10.0 Å². The molecule has 1 aliphatic rings. The van der Waals surface area contributed by atoms with Gasteiger partial charge in [0.05, 0.1) is 4.90 Å². The molecule has 0 atom stereocenters. The fourth-order valence-electron chi connectivity index (χ4n) is 3.06. The molecular weight excluding hydrogens is 406 g/mol. The number of likely N-dealkylation sites (N-methyl/N-ethyl adjacent to an activating group) is 1. The van der Waals surface area contributed by atoms with Crippen LogP contribution in [0.25, 0.3) is 0 Å². The Balaban J connectivity index is 1.52. The zero-order valence-electron chi connectivity index (χ0n) is 16.6. The third-order valence-corrected chi connectivity index (χ3v) is 7.81. The van der Waals surface area contributed by atoms with Gasteiger partial charge in [-0.3, -0.25) is 4.79 Å². The molecule has 29 heavy (non-hydrogen) atoms. The standard InChI is InChI=1S/C21H27N3O3S2/c1-23-12-14-24(15-13-23)29(26,27)20-10-5-7-18(17-20)21(25)22-11-6-16-28-19-8-3-2-4-9-19/h2-5,7-10,17H,6,11-16H2,1H3,(H,22,25). The molecule has 1 N–H and O–H groups in total. The Morgan fingerprint density at radius 2 is 1.76 bits per heavy atom. The minimum Gasteiger partial charge on any atom is -0.352 e. The number of thioether (sulfide) groups is 1. The van der Waals surface area contributed by atoms with E-state index in [4.69, 9.17) is 0 Å². The maximum absolute atomic E-state index is 12.9. The number of amides is 1. The summed E-state index contributed by atoms with van der Waals surface area (Å²) in [7, 11) is -1.60. The predicted octanol–water partition coefficient (Wildman–Crippen LogP) is 2.53. The van der Waals surface area contributed by atoms with Crippen LogP contribution in [0.3, 0.4) is 0 Å². The third kappa shape index (κ3) is 6.05. The van der Waals surface area contributed by atoms with Gasteiger partial charge in [0.25, 0.3) is 5.91 Å². The summed E-state index contributed by atoms with van der Waals surface area (Å²) in [5.41, 5.74) is 0.371. The van der Waals surface area contributed by atoms with Crippen LogP contribution in [0, 0.1) is 0 Å². The van der Waals surface area contributed by atoms with Crippen molar-refractivity contribution < 1.29 is 13.2 Å². The smallest absolute Gasteiger partial charge is 0.251 e. The fraction of sp³-hybridized carbons (Fsp3) is 0.381. The van der Waals surface area contributed by atoms with Crippen molar-refractivity contribution in [2.75, 3.05) is 45.5 Å². The van der Waals surface area contributed by atoms with Crippen LogP contribution in [0.2, 0.25) is 0 Å². The highest BCUT2D eigenvalue weighted by atomic mass is 32.2. The van der Waals surface area contributed by atoms with Crippen LogP contribution in [0.4, 0.5) is 0 Å².